The lowest BCUT2D eigenvalue weighted by Crippen LogP contribution is -2.24. The largest absolute Gasteiger partial charge is 0.360 e. The fourth-order valence-electron chi connectivity index (χ4n) is 2.02. The molecule has 0 atom stereocenters. The van der Waals surface area contributed by atoms with Crippen molar-refractivity contribution in [2.75, 3.05) is 5.32 Å². The molecular formula is C19H16ClN3O2. The number of nitrogens with one attached hydrogen (secondary N) is 2. The molecule has 25 heavy (non-hydrogen) atoms. The first-order chi connectivity index (χ1) is 12.0. The first-order valence-electron chi connectivity index (χ1n) is 7.50. The van der Waals surface area contributed by atoms with Crippen LogP contribution in [0.5, 0.6) is 0 Å². The highest BCUT2D eigenvalue weighted by Crippen LogP contribution is 2.14. The van der Waals surface area contributed by atoms with Crippen molar-refractivity contribution in [2.24, 2.45) is 0 Å². The maximum Gasteiger partial charge on any atom is 0.263 e. The Morgan fingerprint density at radius 1 is 1.16 bits per heavy atom. The molecule has 0 bridgehead atoms. The molecule has 2 aromatic rings. The van der Waals surface area contributed by atoms with Crippen LogP contribution in [0.2, 0.25) is 5.02 Å². The van der Waals surface area contributed by atoms with Gasteiger partial charge in [0.1, 0.15) is 11.6 Å². The summed E-state index contributed by atoms with van der Waals surface area (Å²) in [5.41, 5.74) is 1.95. The Morgan fingerprint density at radius 3 is 2.44 bits per heavy atom. The van der Waals surface area contributed by atoms with Gasteiger partial charge in [-0.2, -0.15) is 5.26 Å². The van der Waals surface area contributed by atoms with Crippen molar-refractivity contribution in [2.45, 2.75) is 13.5 Å². The lowest BCUT2D eigenvalue weighted by molar-refractivity contribution is -0.117. The van der Waals surface area contributed by atoms with Crippen molar-refractivity contribution in [1.82, 2.24) is 5.32 Å². The number of amides is 1. The highest BCUT2D eigenvalue weighted by atomic mass is 35.5. The molecular weight excluding hydrogens is 338 g/mol. The number of carbonyl (C=O) groups excluding carboxylic acids is 2. The lowest BCUT2D eigenvalue weighted by Gasteiger charge is -2.07. The molecule has 2 aromatic carbocycles. The number of nitriles is 1. The monoisotopic (exact) mass is 353 g/mol. The van der Waals surface area contributed by atoms with Crippen LogP contribution < -0.4 is 10.6 Å². The van der Waals surface area contributed by atoms with Crippen LogP contribution in [0.3, 0.4) is 0 Å². The second-order valence-electron chi connectivity index (χ2n) is 5.22. The van der Waals surface area contributed by atoms with Crippen LogP contribution in [0.25, 0.3) is 0 Å². The Morgan fingerprint density at radius 2 is 1.84 bits per heavy atom. The van der Waals surface area contributed by atoms with Crippen LogP contribution in [0.4, 0.5) is 5.69 Å². The number of Topliss-reactive ketones (excluding diaryl/α,β-unsaturated/α-hetero) is 1. The fraction of sp³-hybridized carbons (Fsp3) is 0.105. The molecule has 0 unspecified atom stereocenters. The SMILES string of the molecule is CC(=O)c1ccc(N/C=C(/C#N)C(=O)NCc2ccccc2Cl)cc1. The number of anilines is 1. The van der Waals surface area contributed by atoms with E-state index < -0.39 is 5.91 Å². The van der Waals surface area contributed by atoms with Gasteiger partial charge in [-0.25, -0.2) is 0 Å². The zero-order valence-electron chi connectivity index (χ0n) is 13.5. The fourth-order valence-corrected chi connectivity index (χ4v) is 2.22. The van der Waals surface area contributed by atoms with Crippen molar-refractivity contribution in [3.8, 4) is 6.07 Å². The molecule has 6 heteroatoms. The van der Waals surface area contributed by atoms with Crippen LogP contribution >= 0.6 is 11.6 Å². The second kappa shape index (κ2) is 8.67. The van der Waals surface area contributed by atoms with Crippen molar-refractivity contribution in [1.29, 1.82) is 5.26 Å². The van der Waals surface area contributed by atoms with E-state index in [0.29, 0.717) is 16.3 Å². The van der Waals surface area contributed by atoms with Gasteiger partial charge in [-0.3, -0.25) is 9.59 Å². The molecule has 0 saturated heterocycles. The summed E-state index contributed by atoms with van der Waals surface area (Å²) in [5.74, 6) is -0.533. The van der Waals surface area contributed by atoms with Gasteiger partial charge in [0.05, 0.1) is 0 Å². The van der Waals surface area contributed by atoms with Crippen molar-refractivity contribution >= 4 is 29.0 Å². The summed E-state index contributed by atoms with van der Waals surface area (Å²) in [5, 5.41) is 15.2. The first-order valence-corrected chi connectivity index (χ1v) is 7.88. The molecule has 2 N–H and O–H groups in total. The Kier molecular flexibility index (Phi) is 6.33. The molecule has 0 saturated carbocycles. The Balaban J connectivity index is 1.99. The zero-order valence-corrected chi connectivity index (χ0v) is 14.3. The summed E-state index contributed by atoms with van der Waals surface area (Å²) in [4.78, 5) is 23.3. The summed E-state index contributed by atoms with van der Waals surface area (Å²) < 4.78 is 0. The van der Waals surface area contributed by atoms with Crippen LogP contribution in [-0.4, -0.2) is 11.7 Å². The maximum atomic E-state index is 12.1. The van der Waals surface area contributed by atoms with E-state index in [1.54, 1.807) is 42.5 Å². The number of rotatable bonds is 6. The third kappa shape index (κ3) is 5.20. The van der Waals surface area contributed by atoms with Gasteiger partial charge in [0.2, 0.25) is 0 Å². The molecule has 0 aliphatic heterocycles. The van der Waals surface area contributed by atoms with Gasteiger partial charge in [-0.05, 0) is 42.8 Å². The molecule has 0 heterocycles. The van der Waals surface area contributed by atoms with Gasteiger partial charge < -0.3 is 10.6 Å². The highest BCUT2D eigenvalue weighted by Gasteiger charge is 2.09. The molecule has 0 fully saturated rings. The van der Waals surface area contributed by atoms with Crippen molar-refractivity contribution < 1.29 is 9.59 Å². The summed E-state index contributed by atoms with van der Waals surface area (Å²) in [6.07, 6.45) is 1.32. The Hall–Kier alpha value is -3.10. The topological polar surface area (TPSA) is 82.0 Å². The number of benzene rings is 2. The summed E-state index contributed by atoms with van der Waals surface area (Å²) in [6, 6.07) is 15.7. The van der Waals surface area contributed by atoms with Gasteiger partial charge in [0.15, 0.2) is 5.78 Å². The van der Waals surface area contributed by atoms with Gasteiger partial charge in [-0.15, -0.1) is 0 Å². The van der Waals surface area contributed by atoms with Crippen molar-refractivity contribution in [3.63, 3.8) is 0 Å². The second-order valence-corrected chi connectivity index (χ2v) is 5.63. The lowest BCUT2D eigenvalue weighted by atomic mass is 10.1. The highest BCUT2D eigenvalue weighted by molar-refractivity contribution is 6.31. The molecule has 2 rings (SSSR count). The average molecular weight is 354 g/mol. The van der Waals surface area contributed by atoms with E-state index in [9.17, 15) is 9.59 Å². The predicted molar refractivity (Wildman–Crippen MR) is 97.1 cm³/mol. The smallest absolute Gasteiger partial charge is 0.263 e. The molecule has 0 aliphatic carbocycles. The van der Waals surface area contributed by atoms with E-state index in [0.717, 1.165) is 5.56 Å². The number of halogens is 1. The van der Waals surface area contributed by atoms with Gasteiger partial charge in [-0.1, -0.05) is 29.8 Å². The van der Waals surface area contributed by atoms with Gasteiger partial charge in [0, 0.05) is 29.0 Å². The molecule has 0 radical (unpaired) electrons. The molecule has 0 spiro atoms. The molecule has 1 amide bonds. The third-order valence-electron chi connectivity index (χ3n) is 3.44. The normalized spacial score (nSPS) is 10.7. The molecule has 0 aliphatic rings. The average Bonchev–Trinajstić information content (AvgIpc) is 2.62. The third-order valence-corrected chi connectivity index (χ3v) is 3.81. The minimum absolute atomic E-state index is 0.0289. The quantitative estimate of drug-likeness (QED) is 0.471. The summed E-state index contributed by atoms with van der Waals surface area (Å²) in [7, 11) is 0. The maximum absolute atomic E-state index is 12.1. The van der Waals surface area contributed by atoms with E-state index in [1.165, 1.54) is 13.1 Å². The van der Waals surface area contributed by atoms with Gasteiger partial charge in [0.25, 0.3) is 5.91 Å². The van der Waals surface area contributed by atoms with E-state index in [4.69, 9.17) is 16.9 Å². The molecule has 126 valence electrons. The molecule has 0 aromatic heterocycles. The predicted octanol–water partition coefficient (Wildman–Crippen LogP) is 3.68. The number of hydrogen-bond acceptors (Lipinski definition) is 4. The Bertz CT molecular complexity index is 852. The minimum Gasteiger partial charge on any atom is -0.360 e. The van der Waals surface area contributed by atoms with Crippen LogP contribution in [-0.2, 0) is 11.3 Å². The van der Waals surface area contributed by atoms with Crippen LogP contribution in [0, 0.1) is 11.3 Å². The molecule has 5 nitrogen and oxygen atoms in total. The Labute approximate surface area is 150 Å². The number of ketones is 1. The summed E-state index contributed by atoms with van der Waals surface area (Å²) in [6.45, 7) is 1.71. The van der Waals surface area contributed by atoms with E-state index >= 15 is 0 Å². The van der Waals surface area contributed by atoms with E-state index in [2.05, 4.69) is 10.6 Å². The van der Waals surface area contributed by atoms with Crippen molar-refractivity contribution in [3.05, 3.63) is 76.5 Å². The zero-order chi connectivity index (χ0) is 18.2. The number of carbonyl (C=O) groups is 2. The minimum atomic E-state index is -0.504. The van der Waals surface area contributed by atoms with Crippen LogP contribution in [0.1, 0.15) is 22.8 Å². The van der Waals surface area contributed by atoms with E-state index in [1.807, 2.05) is 12.1 Å². The van der Waals surface area contributed by atoms with E-state index in [-0.39, 0.29) is 17.9 Å². The standard InChI is InChI=1S/C19H16ClN3O2/c1-13(24)14-6-8-17(9-7-14)22-12-16(10-21)19(25)23-11-15-4-2-3-5-18(15)20/h2-9,12,22H,11H2,1H3,(H,23,25)/b16-12-. The van der Waals surface area contributed by atoms with Gasteiger partial charge >= 0.3 is 0 Å². The number of nitrogens with zero attached hydrogens (tertiary/aromatic N) is 1. The summed E-state index contributed by atoms with van der Waals surface area (Å²) >= 11 is 6.03. The first kappa shape index (κ1) is 18.2. The van der Waals surface area contributed by atoms with Crippen LogP contribution in [0.15, 0.2) is 60.3 Å². The number of hydrogen-bond donors (Lipinski definition) is 2.